The van der Waals surface area contributed by atoms with Crippen molar-refractivity contribution in [2.24, 2.45) is 5.92 Å². The van der Waals surface area contributed by atoms with Crippen LogP contribution in [-0.4, -0.2) is 63.6 Å². The second-order valence-corrected chi connectivity index (χ2v) is 11.7. The van der Waals surface area contributed by atoms with Crippen LogP contribution in [-0.2, 0) is 0 Å². The highest BCUT2D eigenvalue weighted by Gasteiger charge is 2.39. The number of amides is 1. The van der Waals surface area contributed by atoms with Crippen LogP contribution < -0.4 is 10.2 Å². The monoisotopic (exact) mass is 525 g/mol. The van der Waals surface area contributed by atoms with Crippen molar-refractivity contribution in [3.05, 3.63) is 46.2 Å². The van der Waals surface area contributed by atoms with Crippen molar-refractivity contribution in [2.45, 2.75) is 78.7 Å². The number of pyridine rings is 2. The molecule has 2 aliphatic rings. The van der Waals surface area contributed by atoms with E-state index in [0.29, 0.717) is 54.0 Å². The zero-order chi connectivity index (χ0) is 27.8. The van der Waals surface area contributed by atoms with Crippen molar-refractivity contribution in [3.8, 4) is 0 Å². The van der Waals surface area contributed by atoms with E-state index in [0.717, 1.165) is 6.54 Å². The third kappa shape index (κ3) is 5.61. The molecule has 9 heteroatoms. The molecule has 1 aliphatic carbocycles. The van der Waals surface area contributed by atoms with Gasteiger partial charge in [-0.05, 0) is 64.0 Å². The summed E-state index contributed by atoms with van der Waals surface area (Å²) in [4.78, 5) is 38.1. The second-order valence-electron chi connectivity index (χ2n) is 11.7. The number of carboxylic acids is 1. The number of aryl methyl sites for hydroxylation is 2. The largest absolute Gasteiger partial charge is 0.478 e. The molecule has 2 aromatic rings. The van der Waals surface area contributed by atoms with E-state index in [1.54, 1.807) is 24.8 Å². The van der Waals surface area contributed by atoms with E-state index in [9.17, 15) is 14.7 Å². The van der Waals surface area contributed by atoms with Crippen LogP contribution in [0.2, 0.25) is 0 Å². The van der Waals surface area contributed by atoms with Gasteiger partial charge in [-0.15, -0.1) is 0 Å². The lowest BCUT2D eigenvalue weighted by Crippen LogP contribution is -2.61. The maximum atomic E-state index is 15.4. The van der Waals surface area contributed by atoms with E-state index in [1.807, 2.05) is 27.7 Å². The molecule has 2 aromatic heterocycles. The van der Waals surface area contributed by atoms with Crippen LogP contribution in [0.15, 0.2) is 12.1 Å². The molecular weight excluding hydrogens is 485 g/mol. The van der Waals surface area contributed by atoms with Gasteiger partial charge >= 0.3 is 5.97 Å². The average molecular weight is 526 g/mol. The predicted octanol–water partition coefficient (Wildman–Crippen LogP) is 5.40. The number of hydrogen-bond acceptors (Lipinski definition) is 6. The molecule has 1 aliphatic heterocycles. The molecular formula is C29H40FN5O3. The first-order valence-electron chi connectivity index (χ1n) is 13.6. The lowest BCUT2D eigenvalue weighted by atomic mass is 9.97. The van der Waals surface area contributed by atoms with Gasteiger partial charge in [0.05, 0.1) is 28.2 Å². The molecule has 0 unspecified atom stereocenters. The molecule has 4 rings (SSSR count). The Hall–Kier alpha value is -3.23. The molecule has 38 heavy (non-hydrogen) atoms. The number of piperazine rings is 1. The number of carbonyl (C=O) groups excluding carboxylic acids is 1. The maximum Gasteiger partial charge on any atom is 0.337 e. The molecule has 1 saturated carbocycles. The smallest absolute Gasteiger partial charge is 0.337 e. The second kappa shape index (κ2) is 10.9. The lowest BCUT2D eigenvalue weighted by molar-refractivity contribution is 0.0501. The molecule has 1 amide bonds. The minimum atomic E-state index is -0.996. The Morgan fingerprint density at radius 2 is 1.84 bits per heavy atom. The fraction of sp³-hybridized carbons (Fsp3) is 0.586. The topological polar surface area (TPSA) is 98.7 Å². The van der Waals surface area contributed by atoms with Gasteiger partial charge in [-0.3, -0.25) is 4.79 Å². The van der Waals surface area contributed by atoms with Crippen LogP contribution in [0.4, 0.5) is 15.9 Å². The SMILES string of the molecule is Cc1cc(N2CCN(C(=O)c3nc(C(C)C)c(NCC4CCCC4)cc3F)C(C)(C)C2)nc(C)c1C(=O)O. The molecule has 206 valence electrons. The van der Waals surface area contributed by atoms with E-state index >= 15 is 4.39 Å². The summed E-state index contributed by atoms with van der Waals surface area (Å²) in [7, 11) is 0. The van der Waals surface area contributed by atoms with Gasteiger partial charge < -0.3 is 20.2 Å². The number of anilines is 2. The molecule has 0 radical (unpaired) electrons. The third-order valence-corrected chi connectivity index (χ3v) is 7.88. The number of nitrogens with one attached hydrogen (secondary N) is 1. The fourth-order valence-electron chi connectivity index (χ4n) is 5.85. The van der Waals surface area contributed by atoms with Crippen LogP contribution in [0.5, 0.6) is 0 Å². The van der Waals surface area contributed by atoms with Crippen LogP contribution >= 0.6 is 0 Å². The number of nitrogens with zero attached hydrogens (tertiary/aromatic N) is 4. The number of halogens is 1. The molecule has 2 N–H and O–H groups in total. The van der Waals surface area contributed by atoms with E-state index < -0.39 is 23.2 Å². The summed E-state index contributed by atoms with van der Waals surface area (Å²) in [6.07, 6.45) is 4.87. The van der Waals surface area contributed by atoms with Crippen molar-refractivity contribution < 1.29 is 19.1 Å². The van der Waals surface area contributed by atoms with Crippen molar-refractivity contribution >= 4 is 23.4 Å². The van der Waals surface area contributed by atoms with Crippen LogP contribution in [0.25, 0.3) is 0 Å². The zero-order valence-corrected chi connectivity index (χ0v) is 23.4. The Kier molecular flexibility index (Phi) is 7.95. The number of aromatic carboxylic acids is 1. The normalized spacial score (nSPS) is 17.8. The maximum absolute atomic E-state index is 15.4. The van der Waals surface area contributed by atoms with E-state index in [2.05, 4.69) is 20.2 Å². The van der Waals surface area contributed by atoms with Gasteiger partial charge in [0.25, 0.3) is 5.91 Å². The first-order chi connectivity index (χ1) is 17.9. The fourth-order valence-corrected chi connectivity index (χ4v) is 5.85. The highest BCUT2D eigenvalue weighted by Crippen LogP contribution is 2.31. The van der Waals surface area contributed by atoms with Gasteiger partial charge in [-0.25, -0.2) is 19.2 Å². The molecule has 0 aromatic carbocycles. The predicted molar refractivity (Wildman–Crippen MR) is 147 cm³/mol. The van der Waals surface area contributed by atoms with Gasteiger partial charge in [0.2, 0.25) is 0 Å². The molecule has 1 saturated heterocycles. The van der Waals surface area contributed by atoms with Crippen molar-refractivity contribution in [1.29, 1.82) is 0 Å². The van der Waals surface area contributed by atoms with Gasteiger partial charge in [0, 0.05) is 32.2 Å². The Bertz CT molecular complexity index is 1200. The van der Waals surface area contributed by atoms with Crippen molar-refractivity contribution in [3.63, 3.8) is 0 Å². The molecule has 0 bridgehead atoms. The van der Waals surface area contributed by atoms with Gasteiger partial charge in [-0.2, -0.15) is 0 Å². The van der Waals surface area contributed by atoms with Crippen LogP contribution in [0.1, 0.15) is 97.1 Å². The summed E-state index contributed by atoms with van der Waals surface area (Å²) in [6.45, 7) is 13.5. The summed E-state index contributed by atoms with van der Waals surface area (Å²) >= 11 is 0. The summed E-state index contributed by atoms with van der Waals surface area (Å²) in [5.74, 6) is -0.718. The third-order valence-electron chi connectivity index (χ3n) is 7.88. The first kappa shape index (κ1) is 27.8. The Morgan fingerprint density at radius 3 is 2.42 bits per heavy atom. The molecule has 2 fully saturated rings. The standard InChI is InChI=1S/C29H40FN5O3/c1-17(2)25-22(31-15-20-9-7-8-10-20)14-21(30)26(33-25)27(36)35-12-11-34(16-29(35,5)6)23-13-18(3)24(28(37)38)19(4)32-23/h13-14,17,20,31H,7-12,15-16H2,1-6H3,(H,37,38). The first-order valence-corrected chi connectivity index (χ1v) is 13.6. The number of aromatic nitrogens is 2. The van der Waals surface area contributed by atoms with E-state index in [4.69, 9.17) is 0 Å². The highest BCUT2D eigenvalue weighted by molar-refractivity contribution is 5.94. The number of hydrogen-bond donors (Lipinski definition) is 2. The van der Waals surface area contributed by atoms with Crippen molar-refractivity contribution in [1.82, 2.24) is 14.9 Å². The Morgan fingerprint density at radius 1 is 1.16 bits per heavy atom. The lowest BCUT2D eigenvalue weighted by Gasteiger charge is -2.47. The molecule has 3 heterocycles. The number of carbonyl (C=O) groups is 2. The average Bonchev–Trinajstić information content (AvgIpc) is 3.34. The summed E-state index contributed by atoms with van der Waals surface area (Å²) in [5.41, 5.74) is 1.92. The van der Waals surface area contributed by atoms with Gasteiger partial charge in [0.1, 0.15) is 5.82 Å². The Labute approximate surface area is 224 Å². The van der Waals surface area contributed by atoms with Gasteiger partial charge in [-0.1, -0.05) is 26.7 Å². The molecule has 0 spiro atoms. The van der Waals surface area contributed by atoms with Gasteiger partial charge in [0.15, 0.2) is 11.5 Å². The summed E-state index contributed by atoms with van der Waals surface area (Å²) < 4.78 is 15.4. The minimum Gasteiger partial charge on any atom is -0.478 e. The zero-order valence-electron chi connectivity index (χ0n) is 23.4. The summed E-state index contributed by atoms with van der Waals surface area (Å²) in [5, 5.41) is 12.9. The van der Waals surface area contributed by atoms with E-state index in [-0.39, 0.29) is 17.2 Å². The van der Waals surface area contributed by atoms with Crippen molar-refractivity contribution in [2.75, 3.05) is 36.4 Å². The van der Waals surface area contributed by atoms with E-state index in [1.165, 1.54) is 31.7 Å². The highest BCUT2D eigenvalue weighted by atomic mass is 19.1. The minimum absolute atomic E-state index is 0.0319. The quantitative estimate of drug-likeness (QED) is 0.500. The number of carboxylic acid groups (broad SMARTS) is 1. The number of rotatable bonds is 7. The van der Waals surface area contributed by atoms with Crippen LogP contribution in [0, 0.1) is 25.6 Å². The molecule has 8 nitrogen and oxygen atoms in total. The summed E-state index contributed by atoms with van der Waals surface area (Å²) in [6, 6.07) is 3.21. The van der Waals surface area contributed by atoms with Crippen LogP contribution in [0.3, 0.4) is 0 Å². The molecule has 0 atom stereocenters. The Balaban J connectivity index is 1.54.